The van der Waals surface area contributed by atoms with Gasteiger partial charge in [-0.1, -0.05) is 41.1 Å². The Bertz CT molecular complexity index is 700. The molecule has 2 aromatic rings. The highest BCUT2D eigenvalue weighted by Crippen LogP contribution is 2.40. The fourth-order valence-electron chi connectivity index (χ4n) is 3.29. The number of carbonyl (C=O) groups is 1. The monoisotopic (exact) mass is 393 g/mol. The highest BCUT2D eigenvalue weighted by Gasteiger charge is 2.37. The zero-order chi connectivity index (χ0) is 16.4. The van der Waals surface area contributed by atoms with E-state index in [9.17, 15) is 9.90 Å². The summed E-state index contributed by atoms with van der Waals surface area (Å²) in [4.78, 5) is 16.4. The smallest absolute Gasteiger partial charge is 0.320 e. The first-order valence-corrected chi connectivity index (χ1v) is 9.54. The van der Waals surface area contributed by atoms with Crippen LogP contribution in [-0.4, -0.2) is 28.6 Å². The van der Waals surface area contributed by atoms with Gasteiger partial charge in [0.2, 0.25) is 0 Å². The molecule has 1 aromatic carbocycles. The van der Waals surface area contributed by atoms with Crippen molar-refractivity contribution < 1.29 is 9.90 Å². The van der Waals surface area contributed by atoms with Crippen molar-refractivity contribution in [2.45, 2.75) is 38.3 Å². The van der Waals surface area contributed by atoms with Gasteiger partial charge in [-0.25, -0.2) is 0 Å². The van der Waals surface area contributed by atoms with Gasteiger partial charge in [-0.05, 0) is 43.0 Å². The SMILES string of the molecule is CCc1ccc(C(c2ccccc2Br)N2CCCC2C(=O)O)s1. The summed E-state index contributed by atoms with van der Waals surface area (Å²) in [6.07, 6.45) is 2.67. The Kier molecular flexibility index (Phi) is 5.19. The number of carboxylic acid groups (broad SMARTS) is 1. The minimum absolute atomic E-state index is 0.000486. The number of carboxylic acids is 1. The van der Waals surface area contributed by atoms with Gasteiger partial charge in [-0.3, -0.25) is 9.69 Å². The van der Waals surface area contributed by atoms with Crippen LogP contribution in [0.3, 0.4) is 0 Å². The van der Waals surface area contributed by atoms with Crippen LogP contribution in [0.25, 0.3) is 0 Å². The molecular formula is C18H20BrNO2S. The lowest BCUT2D eigenvalue weighted by molar-refractivity contribution is -0.142. The van der Waals surface area contributed by atoms with Crippen LogP contribution in [0.2, 0.25) is 0 Å². The lowest BCUT2D eigenvalue weighted by Crippen LogP contribution is -2.39. The number of hydrogen-bond donors (Lipinski definition) is 1. The second kappa shape index (κ2) is 7.16. The summed E-state index contributed by atoms with van der Waals surface area (Å²) in [5.74, 6) is -0.716. The molecule has 2 heterocycles. The van der Waals surface area contributed by atoms with Crippen LogP contribution in [0, 0.1) is 0 Å². The molecule has 1 fully saturated rings. The summed E-state index contributed by atoms with van der Waals surface area (Å²) in [5.41, 5.74) is 1.14. The maximum atomic E-state index is 11.7. The van der Waals surface area contributed by atoms with Crippen molar-refractivity contribution in [1.29, 1.82) is 0 Å². The lowest BCUT2D eigenvalue weighted by Gasteiger charge is -2.31. The van der Waals surface area contributed by atoms with Gasteiger partial charge in [0.1, 0.15) is 6.04 Å². The van der Waals surface area contributed by atoms with E-state index in [2.05, 4.69) is 46.0 Å². The van der Waals surface area contributed by atoms with Gasteiger partial charge in [-0.15, -0.1) is 11.3 Å². The molecule has 3 nitrogen and oxygen atoms in total. The maximum Gasteiger partial charge on any atom is 0.320 e. The van der Waals surface area contributed by atoms with Crippen LogP contribution in [0.15, 0.2) is 40.9 Å². The van der Waals surface area contributed by atoms with E-state index in [1.807, 2.05) is 18.2 Å². The van der Waals surface area contributed by atoms with Crippen LogP contribution in [0.4, 0.5) is 0 Å². The molecule has 0 bridgehead atoms. The summed E-state index contributed by atoms with van der Waals surface area (Å²) >= 11 is 5.44. The molecule has 5 heteroatoms. The Labute approximate surface area is 149 Å². The fourth-order valence-corrected chi connectivity index (χ4v) is 4.88. The molecule has 0 aliphatic carbocycles. The molecule has 122 valence electrons. The first kappa shape index (κ1) is 16.7. The Balaban J connectivity index is 2.06. The Morgan fingerprint density at radius 2 is 2.17 bits per heavy atom. The van der Waals surface area contributed by atoms with E-state index < -0.39 is 12.0 Å². The number of benzene rings is 1. The zero-order valence-corrected chi connectivity index (χ0v) is 15.4. The average Bonchev–Trinajstić information content (AvgIpc) is 3.19. The standard InChI is InChI=1S/C18H20BrNO2S/c1-2-12-9-10-16(23-12)17(13-6-3-4-7-14(13)19)20-11-5-8-15(20)18(21)22/h3-4,6-7,9-10,15,17H,2,5,8,11H2,1H3,(H,21,22). The first-order chi connectivity index (χ1) is 11.1. The maximum absolute atomic E-state index is 11.7. The number of halogens is 1. The van der Waals surface area contributed by atoms with E-state index in [0.717, 1.165) is 35.8 Å². The van der Waals surface area contributed by atoms with Gasteiger partial charge in [-0.2, -0.15) is 0 Å². The normalized spacial score (nSPS) is 19.8. The van der Waals surface area contributed by atoms with Crippen molar-refractivity contribution in [2.24, 2.45) is 0 Å². The van der Waals surface area contributed by atoms with Crippen molar-refractivity contribution in [2.75, 3.05) is 6.54 Å². The van der Waals surface area contributed by atoms with Gasteiger partial charge < -0.3 is 5.11 Å². The summed E-state index contributed by atoms with van der Waals surface area (Å²) in [7, 11) is 0. The van der Waals surface area contributed by atoms with E-state index in [0.29, 0.717) is 0 Å². The number of rotatable bonds is 5. The van der Waals surface area contributed by atoms with E-state index in [1.54, 1.807) is 11.3 Å². The van der Waals surface area contributed by atoms with Crippen molar-refractivity contribution in [1.82, 2.24) is 4.90 Å². The topological polar surface area (TPSA) is 40.5 Å². The number of likely N-dealkylation sites (tertiary alicyclic amines) is 1. The second-order valence-corrected chi connectivity index (χ2v) is 7.87. The third-order valence-corrected chi connectivity index (χ3v) is 6.42. The molecule has 2 unspecified atom stereocenters. The zero-order valence-electron chi connectivity index (χ0n) is 13.0. The number of aryl methyl sites for hydroxylation is 1. The number of aliphatic carboxylic acids is 1. The summed E-state index contributed by atoms with van der Waals surface area (Å²) in [6.45, 7) is 2.97. The fraction of sp³-hybridized carbons (Fsp3) is 0.389. The molecule has 23 heavy (non-hydrogen) atoms. The minimum atomic E-state index is -0.716. The Morgan fingerprint density at radius 1 is 1.39 bits per heavy atom. The van der Waals surface area contributed by atoms with Gasteiger partial charge in [0, 0.05) is 20.8 Å². The summed E-state index contributed by atoms with van der Waals surface area (Å²) < 4.78 is 1.03. The third kappa shape index (κ3) is 3.37. The minimum Gasteiger partial charge on any atom is -0.480 e. The molecule has 2 atom stereocenters. The quantitative estimate of drug-likeness (QED) is 0.799. The molecule has 1 saturated heterocycles. The Morgan fingerprint density at radius 3 is 2.83 bits per heavy atom. The van der Waals surface area contributed by atoms with Gasteiger partial charge >= 0.3 is 5.97 Å². The number of thiophene rings is 1. The molecule has 0 saturated carbocycles. The highest BCUT2D eigenvalue weighted by atomic mass is 79.9. The van der Waals surface area contributed by atoms with Crippen LogP contribution in [-0.2, 0) is 11.2 Å². The highest BCUT2D eigenvalue weighted by molar-refractivity contribution is 9.10. The Hall–Kier alpha value is -1.17. The largest absolute Gasteiger partial charge is 0.480 e. The molecule has 0 radical (unpaired) electrons. The molecule has 1 aliphatic heterocycles. The van der Waals surface area contributed by atoms with Crippen LogP contribution >= 0.6 is 27.3 Å². The van der Waals surface area contributed by atoms with Crippen molar-refractivity contribution >= 4 is 33.2 Å². The third-order valence-electron chi connectivity index (χ3n) is 4.41. The first-order valence-electron chi connectivity index (χ1n) is 7.93. The van der Waals surface area contributed by atoms with E-state index in [-0.39, 0.29) is 6.04 Å². The van der Waals surface area contributed by atoms with Gasteiger partial charge in [0.05, 0.1) is 6.04 Å². The second-order valence-electron chi connectivity index (χ2n) is 5.82. The number of nitrogens with zero attached hydrogens (tertiary/aromatic N) is 1. The van der Waals surface area contributed by atoms with Crippen LogP contribution in [0.1, 0.15) is 41.1 Å². The van der Waals surface area contributed by atoms with E-state index in [1.165, 1.54) is 9.75 Å². The molecule has 1 N–H and O–H groups in total. The molecule has 0 spiro atoms. The van der Waals surface area contributed by atoms with Crippen LogP contribution < -0.4 is 0 Å². The van der Waals surface area contributed by atoms with Gasteiger partial charge in [0.25, 0.3) is 0 Å². The summed E-state index contributed by atoms with van der Waals surface area (Å²) in [5, 5.41) is 9.60. The summed E-state index contributed by atoms with van der Waals surface area (Å²) in [6, 6.07) is 12.1. The predicted molar refractivity (Wildman–Crippen MR) is 97.0 cm³/mol. The van der Waals surface area contributed by atoms with E-state index in [4.69, 9.17) is 0 Å². The average molecular weight is 394 g/mol. The number of hydrogen-bond acceptors (Lipinski definition) is 3. The molecule has 1 aliphatic rings. The van der Waals surface area contributed by atoms with Crippen molar-refractivity contribution in [3.63, 3.8) is 0 Å². The molecule has 0 amide bonds. The van der Waals surface area contributed by atoms with Gasteiger partial charge in [0.15, 0.2) is 0 Å². The predicted octanol–water partition coefficient (Wildman–Crippen LogP) is 4.71. The van der Waals surface area contributed by atoms with Crippen LogP contribution in [0.5, 0.6) is 0 Å². The van der Waals surface area contributed by atoms with Crippen molar-refractivity contribution in [3.8, 4) is 0 Å². The molecule has 1 aromatic heterocycles. The molecule has 3 rings (SSSR count). The van der Waals surface area contributed by atoms with E-state index >= 15 is 0 Å². The lowest BCUT2D eigenvalue weighted by atomic mass is 10.0. The van der Waals surface area contributed by atoms with Crippen molar-refractivity contribution in [3.05, 3.63) is 56.2 Å². The molecular weight excluding hydrogens is 374 g/mol.